The second kappa shape index (κ2) is 7.61. The number of nitrogens with zero attached hydrogens (tertiary/aromatic N) is 1. The number of thioether (sulfide) groups is 1. The number of carbonyl (C=O) groups is 2. The highest BCUT2D eigenvalue weighted by Gasteiger charge is 2.36. The number of anilines is 2. The lowest BCUT2D eigenvalue weighted by Gasteiger charge is -2.27. The van der Waals surface area contributed by atoms with Crippen molar-refractivity contribution < 1.29 is 14.3 Å². The maximum atomic E-state index is 12.6. The first kappa shape index (κ1) is 17.4. The zero-order valence-electron chi connectivity index (χ0n) is 14.2. The summed E-state index contributed by atoms with van der Waals surface area (Å²) in [6.45, 7) is 1.81. The topological polar surface area (TPSA) is 58.6 Å². The second-order valence-electron chi connectivity index (χ2n) is 5.59. The smallest absolute Gasteiger partial charge is 0.238 e. The van der Waals surface area contributed by atoms with E-state index in [2.05, 4.69) is 5.32 Å². The summed E-state index contributed by atoms with van der Waals surface area (Å²) in [5.41, 5.74) is 2.38. The normalized spacial score (nSPS) is 16.8. The van der Waals surface area contributed by atoms with E-state index in [-0.39, 0.29) is 17.2 Å². The van der Waals surface area contributed by atoms with E-state index in [4.69, 9.17) is 4.74 Å². The van der Waals surface area contributed by atoms with E-state index < -0.39 is 0 Å². The molecule has 0 aliphatic carbocycles. The molecule has 1 heterocycles. The van der Waals surface area contributed by atoms with E-state index in [1.807, 2.05) is 55.5 Å². The molecule has 3 rings (SSSR count). The largest absolute Gasteiger partial charge is 0.495 e. The van der Waals surface area contributed by atoms with Crippen LogP contribution in [-0.2, 0) is 9.59 Å². The van der Waals surface area contributed by atoms with E-state index in [1.54, 1.807) is 23.8 Å². The van der Waals surface area contributed by atoms with E-state index >= 15 is 0 Å². The highest BCUT2D eigenvalue weighted by atomic mass is 32.2. The van der Waals surface area contributed by atoms with Crippen molar-refractivity contribution in [1.29, 1.82) is 0 Å². The van der Waals surface area contributed by atoms with Crippen molar-refractivity contribution in [2.45, 2.75) is 18.7 Å². The standard InChI is InChI=1S/C19H20N2O3S/c1-3-17(22)20-14-9-5-4-8-13(14)19-21(18(23)12-25-19)15-10-6-7-11-16(15)24-2/h4-11,19H,3,12H2,1-2H3,(H,20,22)/t19-/m0/s1. The van der Waals surface area contributed by atoms with Gasteiger partial charge in [-0.05, 0) is 18.2 Å². The molecule has 25 heavy (non-hydrogen) atoms. The van der Waals surface area contributed by atoms with Crippen LogP contribution in [-0.4, -0.2) is 24.7 Å². The van der Waals surface area contributed by atoms with Crippen LogP contribution >= 0.6 is 11.8 Å². The third-order valence-electron chi connectivity index (χ3n) is 4.03. The van der Waals surface area contributed by atoms with Gasteiger partial charge in [-0.3, -0.25) is 14.5 Å². The van der Waals surface area contributed by atoms with Gasteiger partial charge in [0.05, 0.1) is 18.6 Å². The molecule has 130 valence electrons. The van der Waals surface area contributed by atoms with Gasteiger partial charge in [0, 0.05) is 17.7 Å². The number of amides is 2. The lowest BCUT2D eigenvalue weighted by Crippen LogP contribution is -2.28. The number of carbonyl (C=O) groups excluding carboxylic acids is 2. The van der Waals surface area contributed by atoms with Crippen molar-refractivity contribution in [3.8, 4) is 5.75 Å². The third-order valence-corrected chi connectivity index (χ3v) is 5.23. The summed E-state index contributed by atoms with van der Waals surface area (Å²) in [5.74, 6) is 1.01. The van der Waals surface area contributed by atoms with Crippen LogP contribution < -0.4 is 15.0 Å². The fraction of sp³-hybridized carbons (Fsp3) is 0.263. The van der Waals surface area contributed by atoms with E-state index in [9.17, 15) is 9.59 Å². The van der Waals surface area contributed by atoms with Crippen molar-refractivity contribution in [3.05, 3.63) is 54.1 Å². The van der Waals surface area contributed by atoms with Crippen LogP contribution in [0.3, 0.4) is 0 Å². The Labute approximate surface area is 151 Å². The molecule has 1 aliphatic rings. The lowest BCUT2D eigenvalue weighted by atomic mass is 10.1. The number of hydrogen-bond acceptors (Lipinski definition) is 4. The summed E-state index contributed by atoms with van der Waals surface area (Å²) in [7, 11) is 1.59. The monoisotopic (exact) mass is 356 g/mol. The van der Waals surface area contributed by atoms with Gasteiger partial charge >= 0.3 is 0 Å². The number of ether oxygens (including phenoxy) is 1. The average molecular weight is 356 g/mol. The van der Waals surface area contributed by atoms with Gasteiger partial charge in [-0.15, -0.1) is 11.8 Å². The fourth-order valence-electron chi connectivity index (χ4n) is 2.81. The number of para-hydroxylation sites is 3. The zero-order valence-corrected chi connectivity index (χ0v) is 15.0. The van der Waals surface area contributed by atoms with Gasteiger partial charge in [0.25, 0.3) is 0 Å². The van der Waals surface area contributed by atoms with E-state index in [0.29, 0.717) is 17.9 Å². The Morgan fingerprint density at radius 3 is 2.72 bits per heavy atom. The Bertz CT molecular complexity index is 794. The summed E-state index contributed by atoms with van der Waals surface area (Å²) in [5, 5.41) is 2.72. The average Bonchev–Trinajstić information content (AvgIpc) is 3.03. The van der Waals surface area contributed by atoms with Crippen LogP contribution in [0.1, 0.15) is 24.3 Å². The van der Waals surface area contributed by atoms with Gasteiger partial charge < -0.3 is 10.1 Å². The van der Waals surface area contributed by atoms with Gasteiger partial charge in [-0.2, -0.15) is 0 Å². The first-order valence-electron chi connectivity index (χ1n) is 8.11. The number of nitrogens with one attached hydrogen (secondary N) is 1. The summed E-state index contributed by atoms with van der Waals surface area (Å²) >= 11 is 1.54. The molecule has 0 saturated carbocycles. The van der Waals surface area contributed by atoms with Crippen molar-refractivity contribution in [2.75, 3.05) is 23.1 Å². The molecular formula is C19H20N2O3S. The van der Waals surface area contributed by atoms with Gasteiger partial charge in [0.1, 0.15) is 11.1 Å². The van der Waals surface area contributed by atoms with Crippen LogP contribution in [0.15, 0.2) is 48.5 Å². The first-order valence-corrected chi connectivity index (χ1v) is 9.16. The predicted octanol–water partition coefficient (Wildman–Crippen LogP) is 3.82. The summed E-state index contributed by atoms with van der Waals surface area (Å²) < 4.78 is 5.43. The molecule has 1 atom stereocenters. The maximum absolute atomic E-state index is 12.6. The highest BCUT2D eigenvalue weighted by Crippen LogP contribution is 2.46. The van der Waals surface area contributed by atoms with Crippen LogP contribution in [0, 0.1) is 0 Å². The first-order chi connectivity index (χ1) is 12.2. The van der Waals surface area contributed by atoms with Crippen molar-refractivity contribution in [1.82, 2.24) is 0 Å². The highest BCUT2D eigenvalue weighted by molar-refractivity contribution is 8.00. The Morgan fingerprint density at radius 1 is 1.24 bits per heavy atom. The molecule has 0 bridgehead atoms. The molecule has 1 aliphatic heterocycles. The second-order valence-corrected chi connectivity index (χ2v) is 6.66. The third kappa shape index (κ3) is 3.49. The van der Waals surface area contributed by atoms with Crippen molar-refractivity contribution >= 4 is 35.0 Å². The molecule has 1 saturated heterocycles. The minimum Gasteiger partial charge on any atom is -0.495 e. The number of methoxy groups -OCH3 is 1. The molecule has 0 unspecified atom stereocenters. The predicted molar refractivity (Wildman–Crippen MR) is 101 cm³/mol. The number of benzene rings is 2. The molecule has 2 aromatic rings. The molecule has 2 aromatic carbocycles. The van der Waals surface area contributed by atoms with E-state index in [0.717, 1.165) is 16.9 Å². The fourth-order valence-corrected chi connectivity index (χ4v) is 4.01. The van der Waals surface area contributed by atoms with Crippen LogP contribution in [0.5, 0.6) is 5.75 Å². The van der Waals surface area contributed by atoms with Gasteiger partial charge in [0.2, 0.25) is 11.8 Å². The summed E-state index contributed by atoms with van der Waals surface area (Å²) in [4.78, 5) is 26.2. The molecule has 0 aromatic heterocycles. The minimum atomic E-state index is -0.211. The Morgan fingerprint density at radius 2 is 1.96 bits per heavy atom. The van der Waals surface area contributed by atoms with Crippen LogP contribution in [0.25, 0.3) is 0 Å². The van der Waals surface area contributed by atoms with Gasteiger partial charge in [-0.1, -0.05) is 37.3 Å². The Balaban J connectivity index is 2.02. The van der Waals surface area contributed by atoms with Gasteiger partial charge in [0.15, 0.2) is 0 Å². The molecule has 0 radical (unpaired) electrons. The minimum absolute atomic E-state index is 0.0242. The lowest BCUT2D eigenvalue weighted by molar-refractivity contribution is -0.116. The zero-order chi connectivity index (χ0) is 17.8. The Hall–Kier alpha value is -2.47. The van der Waals surface area contributed by atoms with Crippen LogP contribution in [0.4, 0.5) is 11.4 Å². The van der Waals surface area contributed by atoms with Crippen molar-refractivity contribution in [3.63, 3.8) is 0 Å². The molecule has 1 N–H and O–H groups in total. The molecule has 1 fully saturated rings. The van der Waals surface area contributed by atoms with Crippen molar-refractivity contribution in [2.24, 2.45) is 0 Å². The molecule has 6 heteroatoms. The summed E-state index contributed by atoms with van der Waals surface area (Å²) in [6, 6.07) is 15.1. The number of hydrogen-bond donors (Lipinski definition) is 1. The summed E-state index contributed by atoms with van der Waals surface area (Å²) in [6.07, 6.45) is 0.404. The maximum Gasteiger partial charge on any atom is 0.238 e. The molecule has 2 amide bonds. The van der Waals surface area contributed by atoms with Gasteiger partial charge in [-0.25, -0.2) is 0 Å². The molecular weight excluding hydrogens is 336 g/mol. The SMILES string of the molecule is CCC(=O)Nc1ccccc1[C@@H]1SCC(=O)N1c1ccccc1OC. The molecule has 0 spiro atoms. The number of rotatable bonds is 5. The molecule has 5 nitrogen and oxygen atoms in total. The van der Waals surface area contributed by atoms with Crippen LogP contribution in [0.2, 0.25) is 0 Å². The Kier molecular flexibility index (Phi) is 5.28. The van der Waals surface area contributed by atoms with E-state index in [1.165, 1.54) is 0 Å². The quantitative estimate of drug-likeness (QED) is 0.885.